The van der Waals surface area contributed by atoms with Gasteiger partial charge in [-0.15, -0.1) is 0 Å². The van der Waals surface area contributed by atoms with Crippen molar-refractivity contribution in [2.24, 2.45) is 18.9 Å². The Kier molecular flexibility index (Phi) is 4.70. The predicted octanol–water partition coefficient (Wildman–Crippen LogP) is 3.81. The minimum absolute atomic E-state index is 0.142. The average Bonchev–Trinajstić information content (AvgIpc) is 3.10. The maximum Gasteiger partial charge on any atom is 0.337 e. The highest BCUT2D eigenvalue weighted by atomic mass is 19.3. The van der Waals surface area contributed by atoms with Crippen LogP contribution in [0.25, 0.3) is 10.9 Å². The molecule has 172 valence electrons. The van der Waals surface area contributed by atoms with Gasteiger partial charge in [-0.05, 0) is 37.6 Å². The molecule has 2 fully saturated rings. The van der Waals surface area contributed by atoms with E-state index in [1.165, 1.54) is 10.6 Å². The Hall–Kier alpha value is -3.49. The first-order valence-electron chi connectivity index (χ1n) is 10.8. The number of anilines is 2. The van der Waals surface area contributed by atoms with E-state index in [4.69, 9.17) is 4.98 Å². The van der Waals surface area contributed by atoms with Gasteiger partial charge in [0.15, 0.2) is 0 Å². The average molecular weight is 454 g/mol. The molecule has 3 atom stereocenters. The third-order valence-corrected chi connectivity index (χ3v) is 6.81. The van der Waals surface area contributed by atoms with E-state index in [9.17, 15) is 23.5 Å². The molecule has 2 aliphatic rings. The van der Waals surface area contributed by atoms with E-state index in [0.29, 0.717) is 22.5 Å². The Balaban J connectivity index is 1.57. The van der Waals surface area contributed by atoms with Gasteiger partial charge >= 0.3 is 5.97 Å². The molecule has 1 aliphatic heterocycles. The standard InChI is InChI=1S/C24H24F2N4O3/c1-12-8-15(13(2)27-19-7-5-4-6-14(19)22(32)33)20-16(9-12)21(31)29(3)23(28-20)30-10-17-18(11-30)24(17,25)26/h4-9,13,17-18,27H,10-11H2,1-3H3,(H,32,33). The number of aromatic nitrogens is 2. The third kappa shape index (κ3) is 3.34. The van der Waals surface area contributed by atoms with Crippen LogP contribution >= 0.6 is 0 Å². The second-order valence-corrected chi connectivity index (χ2v) is 9.04. The van der Waals surface area contributed by atoms with Crippen molar-refractivity contribution in [1.82, 2.24) is 9.55 Å². The van der Waals surface area contributed by atoms with Gasteiger partial charge < -0.3 is 15.3 Å². The van der Waals surface area contributed by atoms with Crippen molar-refractivity contribution >= 4 is 28.5 Å². The molecule has 2 heterocycles. The fourth-order valence-electron chi connectivity index (χ4n) is 4.93. The van der Waals surface area contributed by atoms with Crippen LogP contribution in [-0.2, 0) is 7.05 Å². The number of piperidine rings is 1. The van der Waals surface area contributed by atoms with Gasteiger partial charge in [0.05, 0.1) is 34.3 Å². The fraction of sp³-hybridized carbons (Fsp3) is 0.375. The summed E-state index contributed by atoms with van der Waals surface area (Å²) in [7, 11) is 1.61. The summed E-state index contributed by atoms with van der Waals surface area (Å²) in [6, 6.07) is 9.93. The highest BCUT2D eigenvalue weighted by molar-refractivity contribution is 5.94. The lowest BCUT2D eigenvalue weighted by atomic mass is 10.0. The highest BCUT2D eigenvalue weighted by Crippen LogP contribution is 2.59. The largest absolute Gasteiger partial charge is 0.478 e. The van der Waals surface area contributed by atoms with Gasteiger partial charge in [-0.25, -0.2) is 18.6 Å². The van der Waals surface area contributed by atoms with Gasteiger partial charge in [0.1, 0.15) is 0 Å². The van der Waals surface area contributed by atoms with Crippen molar-refractivity contribution < 1.29 is 18.7 Å². The fourth-order valence-corrected chi connectivity index (χ4v) is 4.93. The molecular weight excluding hydrogens is 430 g/mol. The SMILES string of the molecule is Cc1cc(C(C)Nc2ccccc2C(=O)O)c2nc(N3CC4C(C3)C4(F)F)n(C)c(=O)c2c1. The summed E-state index contributed by atoms with van der Waals surface area (Å²) in [6.07, 6.45) is 0. The summed E-state index contributed by atoms with van der Waals surface area (Å²) in [5.41, 5.74) is 2.44. The second kappa shape index (κ2) is 7.26. The van der Waals surface area contributed by atoms with E-state index in [2.05, 4.69) is 5.32 Å². The van der Waals surface area contributed by atoms with Gasteiger partial charge in [-0.1, -0.05) is 18.2 Å². The van der Waals surface area contributed by atoms with Gasteiger partial charge in [0.25, 0.3) is 11.5 Å². The normalized spacial score (nSPS) is 21.7. The lowest BCUT2D eigenvalue weighted by molar-refractivity contribution is 0.0697. The summed E-state index contributed by atoms with van der Waals surface area (Å²) in [4.78, 5) is 31.3. The first-order chi connectivity index (χ1) is 15.6. The summed E-state index contributed by atoms with van der Waals surface area (Å²) >= 11 is 0. The number of nitrogens with one attached hydrogen (secondary N) is 1. The first kappa shape index (κ1) is 21.4. The molecular formula is C24H24F2N4O3. The van der Waals surface area contributed by atoms with Crippen LogP contribution in [0.15, 0.2) is 41.2 Å². The number of rotatable bonds is 5. The maximum absolute atomic E-state index is 13.7. The maximum atomic E-state index is 13.7. The second-order valence-electron chi connectivity index (χ2n) is 9.04. The summed E-state index contributed by atoms with van der Waals surface area (Å²) in [6.45, 7) is 4.09. The molecule has 0 bridgehead atoms. The minimum Gasteiger partial charge on any atom is -0.478 e. The summed E-state index contributed by atoms with van der Waals surface area (Å²) in [5.74, 6) is -4.66. The molecule has 2 N–H and O–H groups in total. The Morgan fingerprint density at radius 2 is 1.91 bits per heavy atom. The first-order valence-corrected chi connectivity index (χ1v) is 10.8. The van der Waals surface area contributed by atoms with Gasteiger partial charge in [-0.3, -0.25) is 9.36 Å². The molecule has 33 heavy (non-hydrogen) atoms. The minimum atomic E-state index is -2.62. The third-order valence-electron chi connectivity index (χ3n) is 6.81. The zero-order valence-corrected chi connectivity index (χ0v) is 18.5. The zero-order chi connectivity index (χ0) is 23.7. The number of aromatic carboxylic acids is 1. The molecule has 1 saturated carbocycles. The molecule has 0 amide bonds. The van der Waals surface area contributed by atoms with Gasteiger partial charge in [0.2, 0.25) is 5.95 Å². The van der Waals surface area contributed by atoms with Crippen molar-refractivity contribution in [2.45, 2.75) is 25.8 Å². The quantitative estimate of drug-likeness (QED) is 0.610. The van der Waals surface area contributed by atoms with Crippen LogP contribution in [0.4, 0.5) is 20.4 Å². The topological polar surface area (TPSA) is 87.5 Å². The van der Waals surface area contributed by atoms with Crippen LogP contribution in [0.1, 0.15) is 34.5 Å². The number of aryl methyl sites for hydroxylation is 1. The molecule has 0 radical (unpaired) electrons. The van der Waals surface area contributed by atoms with Crippen LogP contribution < -0.4 is 15.8 Å². The Morgan fingerprint density at radius 1 is 1.24 bits per heavy atom. The van der Waals surface area contributed by atoms with Gasteiger partial charge in [-0.2, -0.15) is 0 Å². The molecule has 5 rings (SSSR count). The van der Waals surface area contributed by atoms with E-state index < -0.39 is 23.7 Å². The molecule has 1 aliphatic carbocycles. The van der Waals surface area contributed by atoms with Crippen molar-refractivity contribution in [1.29, 1.82) is 0 Å². The monoisotopic (exact) mass is 454 g/mol. The van der Waals surface area contributed by atoms with Crippen LogP contribution in [0.2, 0.25) is 0 Å². The molecule has 7 nitrogen and oxygen atoms in total. The molecule has 1 saturated heterocycles. The lowest BCUT2D eigenvalue weighted by Crippen LogP contribution is -2.34. The van der Waals surface area contributed by atoms with Crippen molar-refractivity contribution in [3.8, 4) is 0 Å². The number of carboxylic acid groups (broad SMARTS) is 1. The number of para-hydroxylation sites is 1. The summed E-state index contributed by atoms with van der Waals surface area (Å²) in [5, 5.41) is 13.2. The Labute approximate surface area is 188 Å². The van der Waals surface area contributed by atoms with Crippen LogP contribution in [-0.4, -0.2) is 39.6 Å². The molecule has 3 aromatic rings. The number of alkyl halides is 2. The zero-order valence-electron chi connectivity index (χ0n) is 18.5. The van der Waals surface area contributed by atoms with Crippen LogP contribution in [0.5, 0.6) is 0 Å². The molecule has 2 aromatic carbocycles. The van der Waals surface area contributed by atoms with E-state index in [1.54, 1.807) is 36.2 Å². The predicted molar refractivity (Wildman–Crippen MR) is 121 cm³/mol. The molecule has 0 spiro atoms. The van der Waals surface area contributed by atoms with Crippen molar-refractivity contribution in [3.05, 3.63) is 63.4 Å². The Morgan fingerprint density at radius 3 is 2.58 bits per heavy atom. The van der Waals surface area contributed by atoms with E-state index >= 15 is 0 Å². The smallest absolute Gasteiger partial charge is 0.337 e. The number of hydrogen-bond donors (Lipinski definition) is 2. The van der Waals surface area contributed by atoms with Crippen LogP contribution in [0, 0.1) is 18.8 Å². The number of nitrogens with zero attached hydrogens (tertiary/aromatic N) is 3. The number of halogens is 2. The molecule has 3 unspecified atom stereocenters. The Bertz CT molecular complexity index is 1340. The number of benzene rings is 2. The number of carboxylic acids is 1. The summed E-state index contributed by atoms with van der Waals surface area (Å²) < 4.78 is 28.8. The lowest BCUT2D eigenvalue weighted by Gasteiger charge is -2.25. The number of carbonyl (C=O) groups is 1. The van der Waals surface area contributed by atoms with Crippen molar-refractivity contribution in [3.63, 3.8) is 0 Å². The molecule has 1 aromatic heterocycles. The number of hydrogen-bond acceptors (Lipinski definition) is 5. The van der Waals surface area contributed by atoms with Crippen molar-refractivity contribution in [2.75, 3.05) is 23.3 Å². The van der Waals surface area contributed by atoms with E-state index in [-0.39, 0.29) is 30.3 Å². The van der Waals surface area contributed by atoms with E-state index in [0.717, 1.165) is 11.1 Å². The van der Waals surface area contributed by atoms with E-state index in [1.807, 2.05) is 19.9 Å². The highest BCUT2D eigenvalue weighted by Gasteiger charge is 2.72. The van der Waals surface area contributed by atoms with Crippen LogP contribution in [0.3, 0.4) is 0 Å². The van der Waals surface area contributed by atoms with Gasteiger partial charge in [0, 0.05) is 31.4 Å². The molecule has 9 heteroatoms. The number of fused-ring (bicyclic) bond motifs is 2.